The molecule has 0 bridgehead atoms. The van der Waals surface area contributed by atoms with Crippen LogP contribution in [0.4, 0.5) is 0 Å². The molecule has 5 nitrogen and oxygen atoms in total. The molecule has 1 amide bonds. The largest absolute Gasteiger partial charge is 0.491 e. The summed E-state index contributed by atoms with van der Waals surface area (Å²) in [5.41, 5.74) is 6.66. The fourth-order valence-electron chi connectivity index (χ4n) is 2.77. The lowest BCUT2D eigenvalue weighted by Crippen LogP contribution is -2.45. The van der Waals surface area contributed by atoms with Crippen LogP contribution in [0.5, 0.6) is 5.75 Å². The predicted molar refractivity (Wildman–Crippen MR) is 93.3 cm³/mol. The Kier molecular flexibility index (Phi) is 8.37. The topological polar surface area (TPSA) is 64.8 Å². The predicted octanol–water partition coefficient (Wildman–Crippen LogP) is 2.33. The molecule has 2 atom stereocenters. The third kappa shape index (κ3) is 5.68. The van der Waals surface area contributed by atoms with E-state index in [2.05, 4.69) is 0 Å². The average molecular weight is 343 g/mol. The summed E-state index contributed by atoms with van der Waals surface area (Å²) in [6, 6.07) is 7.46. The number of piperidine rings is 1. The minimum atomic E-state index is 0. The van der Waals surface area contributed by atoms with E-state index in [0.717, 1.165) is 25.9 Å². The highest BCUT2D eigenvalue weighted by atomic mass is 35.5. The van der Waals surface area contributed by atoms with Crippen LogP contribution < -0.4 is 10.5 Å². The number of nitrogens with zero attached hydrogens (tertiary/aromatic N) is 1. The SMILES string of the molecule is COCCOc1cccc(C(=O)N2CCCC(C(C)N)C2)c1.Cl. The van der Waals surface area contributed by atoms with Crippen molar-refractivity contribution in [3.8, 4) is 5.75 Å². The lowest BCUT2D eigenvalue weighted by atomic mass is 9.92. The van der Waals surface area contributed by atoms with E-state index in [1.165, 1.54) is 0 Å². The van der Waals surface area contributed by atoms with Gasteiger partial charge in [0.1, 0.15) is 12.4 Å². The molecule has 1 aliphatic rings. The van der Waals surface area contributed by atoms with Gasteiger partial charge in [-0.15, -0.1) is 12.4 Å². The molecule has 0 aliphatic carbocycles. The third-order valence-corrected chi connectivity index (χ3v) is 4.13. The number of ether oxygens (including phenoxy) is 2. The molecular weight excluding hydrogens is 316 g/mol. The summed E-state index contributed by atoms with van der Waals surface area (Å²) in [5, 5.41) is 0. The number of hydrogen-bond donors (Lipinski definition) is 1. The van der Waals surface area contributed by atoms with Crippen LogP contribution in [0.1, 0.15) is 30.1 Å². The first-order valence-corrected chi connectivity index (χ1v) is 7.88. The number of carbonyl (C=O) groups is 1. The summed E-state index contributed by atoms with van der Waals surface area (Å²) in [6.07, 6.45) is 2.11. The van der Waals surface area contributed by atoms with Crippen molar-refractivity contribution in [1.29, 1.82) is 0 Å². The molecule has 1 aromatic carbocycles. The summed E-state index contributed by atoms with van der Waals surface area (Å²) in [7, 11) is 1.63. The number of nitrogens with two attached hydrogens (primary N) is 1. The Labute approximate surface area is 144 Å². The maximum Gasteiger partial charge on any atom is 0.253 e. The molecule has 6 heteroatoms. The number of benzene rings is 1. The van der Waals surface area contributed by atoms with Gasteiger partial charge in [0.25, 0.3) is 5.91 Å². The maximum absolute atomic E-state index is 12.7. The van der Waals surface area contributed by atoms with Gasteiger partial charge in [0, 0.05) is 31.8 Å². The lowest BCUT2D eigenvalue weighted by molar-refractivity contribution is 0.0660. The second-order valence-corrected chi connectivity index (χ2v) is 5.88. The van der Waals surface area contributed by atoms with E-state index in [9.17, 15) is 4.79 Å². The summed E-state index contributed by atoms with van der Waals surface area (Å²) < 4.78 is 10.5. The Morgan fingerprint density at radius 1 is 1.43 bits per heavy atom. The number of methoxy groups -OCH3 is 1. The van der Waals surface area contributed by atoms with Gasteiger partial charge in [0.15, 0.2) is 0 Å². The first-order chi connectivity index (χ1) is 10.6. The van der Waals surface area contributed by atoms with Gasteiger partial charge < -0.3 is 20.1 Å². The van der Waals surface area contributed by atoms with E-state index in [0.29, 0.717) is 30.4 Å². The number of amides is 1. The highest BCUT2D eigenvalue weighted by Gasteiger charge is 2.26. The Morgan fingerprint density at radius 3 is 2.91 bits per heavy atom. The van der Waals surface area contributed by atoms with Crippen LogP contribution in [0, 0.1) is 5.92 Å². The van der Waals surface area contributed by atoms with E-state index in [-0.39, 0.29) is 24.4 Å². The molecule has 2 unspecified atom stereocenters. The molecular formula is C17H27ClN2O3. The number of carbonyl (C=O) groups excluding carboxylic acids is 1. The molecule has 130 valence electrons. The van der Waals surface area contributed by atoms with Crippen LogP contribution in [0.15, 0.2) is 24.3 Å². The van der Waals surface area contributed by atoms with Gasteiger partial charge in [-0.1, -0.05) is 6.07 Å². The second kappa shape index (κ2) is 9.75. The molecule has 0 aromatic heterocycles. The van der Waals surface area contributed by atoms with E-state index in [4.69, 9.17) is 15.2 Å². The minimum Gasteiger partial charge on any atom is -0.491 e. The van der Waals surface area contributed by atoms with Crippen molar-refractivity contribution in [2.24, 2.45) is 11.7 Å². The van der Waals surface area contributed by atoms with Crippen molar-refractivity contribution < 1.29 is 14.3 Å². The van der Waals surface area contributed by atoms with E-state index >= 15 is 0 Å². The zero-order valence-corrected chi connectivity index (χ0v) is 14.7. The van der Waals surface area contributed by atoms with Crippen LogP contribution in [0.25, 0.3) is 0 Å². The molecule has 1 aromatic rings. The molecule has 2 rings (SSSR count). The van der Waals surface area contributed by atoms with Crippen LogP contribution in [-0.2, 0) is 4.74 Å². The molecule has 1 saturated heterocycles. The van der Waals surface area contributed by atoms with Gasteiger partial charge in [0.05, 0.1) is 6.61 Å². The molecule has 23 heavy (non-hydrogen) atoms. The molecule has 0 radical (unpaired) electrons. The average Bonchev–Trinajstić information content (AvgIpc) is 2.55. The van der Waals surface area contributed by atoms with Crippen molar-refractivity contribution in [3.05, 3.63) is 29.8 Å². The molecule has 1 fully saturated rings. The standard InChI is InChI=1S/C17H26N2O3.ClH/c1-13(18)15-6-4-8-19(12-15)17(20)14-5-3-7-16(11-14)22-10-9-21-2;/h3,5,7,11,13,15H,4,6,8-10,12,18H2,1-2H3;1H. The molecule has 1 aliphatic heterocycles. The van der Waals surface area contributed by atoms with Crippen LogP contribution in [-0.4, -0.2) is 50.3 Å². The highest BCUT2D eigenvalue weighted by molar-refractivity contribution is 5.94. The van der Waals surface area contributed by atoms with Crippen molar-refractivity contribution in [3.63, 3.8) is 0 Å². The monoisotopic (exact) mass is 342 g/mol. The first kappa shape index (κ1) is 19.7. The van der Waals surface area contributed by atoms with Gasteiger partial charge in [0.2, 0.25) is 0 Å². The van der Waals surface area contributed by atoms with E-state index < -0.39 is 0 Å². The normalized spacial score (nSPS) is 18.9. The van der Waals surface area contributed by atoms with Gasteiger partial charge in [-0.25, -0.2) is 0 Å². The Hall–Kier alpha value is -1.30. The zero-order chi connectivity index (χ0) is 15.9. The van der Waals surface area contributed by atoms with Gasteiger partial charge in [-0.05, 0) is 43.9 Å². The minimum absolute atomic E-state index is 0. The number of rotatable bonds is 6. The number of likely N-dealkylation sites (tertiary alicyclic amines) is 1. The molecule has 0 saturated carbocycles. The molecule has 2 N–H and O–H groups in total. The fourth-order valence-corrected chi connectivity index (χ4v) is 2.77. The van der Waals surface area contributed by atoms with Gasteiger partial charge in [-0.3, -0.25) is 4.79 Å². The fraction of sp³-hybridized carbons (Fsp3) is 0.588. The van der Waals surface area contributed by atoms with Gasteiger partial charge in [-0.2, -0.15) is 0 Å². The summed E-state index contributed by atoms with van der Waals surface area (Å²) in [4.78, 5) is 14.6. The number of hydrogen-bond acceptors (Lipinski definition) is 4. The zero-order valence-electron chi connectivity index (χ0n) is 13.9. The quantitative estimate of drug-likeness (QED) is 0.806. The Bertz CT molecular complexity index is 496. The Morgan fingerprint density at radius 2 is 2.22 bits per heavy atom. The Balaban J connectivity index is 0.00000264. The van der Waals surface area contributed by atoms with E-state index in [1.807, 2.05) is 30.0 Å². The second-order valence-electron chi connectivity index (χ2n) is 5.88. The van der Waals surface area contributed by atoms with Gasteiger partial charge >= 0.3 is 0 Å². The van der Waals surface area contributed by atoms with Crippen molar-refractivity contribution in [2.75, 3.05) is 33.4 Å². The first-order valence-electron chi connectivity index (χ1n) is 7.88. The molecule has 1 heterocycles. The lowest BCUT2D eigenvalue weighted by Gasteiger charge is -2.34. The molecule has 0 spiro atoms. The van der Waals surface area contributed by atoms with E-state index in [1.54, 1.807) is 13.2 Å². The number of halogens is 1. The summed E-state index contributed by atoms with van der Waals surface area (Å²) in [6.45, 7) is 4.57. The maximum atomic E-state index is 12.7. The van der Waals surface area contributed by atoms with Crippen LogP contribution in [0.3, 0.4) is 0 Å². The summed E-state index contributed by atoms with van der Waals surface area (Å²) in [5.74, 6) is 1.14. The third-order valence-electron chi connectivity index (χ3n) is 4.13. The summed E-state index contributed by atoms with van der Waals surface area (Å²) >= 11 is 0. The highest BCUT2D eigenvalue weighted by Crippen LogP contribution is 2.22. The van der Waals surface area contributed by atoms with Crippen molar-refractivity contribution >= 4 is 18.3 Å². The van der Waals surface area contributed by atoms with Crippen LogP contribution >= 0.6 is 12.4 Å². The van der Waals surface area contributed by atoms with Crippen molar-refractivity contribution in [1.82, 2.24) is 4.90 Å². The van der Waals surface area contributed by atoms with Crippen molar-refractivity contribution in [2.45, 2.75) is 25.8 Å². The smallest absolute Gasteiger partial charge is 0.253 e. The van der Waals surface area contributed by atoms with Crippen LogP contribution in [0.2, 0.25) is 0 Å².